The standard InChI is InChI=1S/C15H17BrN2O2S/c1-18(10-11-6-3-4-7-12(11)16)13-8-5-9-14(15(13)17)21(2,19)20/h3-9H,10,17H2,1-2H3. The van der Waals surface area contributed by atoms with Gasteiger partial charge in [-0.1, -0.05) is 40.2 Å². The van der Waals surface area contributed by atoms with Crippen LogP contribution in [-0.2, 0) is 16.4 Å². The summed E-state index contributed by atoms with van der Waals surface area (Å²) in [4.78, 5) is 2.10. The van der Waals surface area contributed by atoms with Crippen molar-refractivity contribution >= 4 is 37.1 Å². The van der Waals surface area contributed by atoms with Gasteiger partial charge in [-0.05, 0) is 23.8 Å². The highest BCUT2D eigenvalue weighted by Gasteiger charge is 2.16. The van der Waals surface area contributed by atoms with Gasteiger partial charge in [0.2, 0.25) is 0 Å². The molecule has 0 saturated carbocycles. The van der Waals surface area contributed by atoms with Crippen molar-refractivity contribution in [1.29, 1.82) is 0 Å². The van der Waals surface area contributed by atoms with Gasteiger partial charge in [0, 0.05) is 24.3 Å². The van der Waals surface area contributed by atoms with Crippen molar-refractivity contribution in [3.05, 3.63) is 52.5 Å². The normalized spacial score (nSPS) is 11.4. The van der Waals surface area contributed by atoms with Crippen molar-refractivity contribution in [3.8, 4) is 0 Å². The molecule has 0 aliphatic carbocycles. The maximum atomic E-state index is 11.7. The minimum absolute atomic E-state index is 0.166. The Kier molecular flexibility index (Phi) is 4.58. The van der Waals surface area contributed by atoms with Crippen molar-refractivity contribution in [2.45, 2.75) is 11.4 Å². The molecular formula is C15H17BrN2O2S. The Morgan fingerprint density at radius 2 is 1.81 bits per heavy atom. The van der Waals surface area contributed by atoms with Crippen LogP contribution in [0.3, 0.4) is 0 Å². The first-order valence-corrected chi connectivity index (χ1v) is 9.02. The molecule has 0 unspecified atom stereocenters. The van der Waals surface area contributed by atoms with E-state index in [-0.39, 0.29) is 10.6 Å². The molecule has 2 aromatic carbocycles. The van der Waals surface area contributed by atoms with E-state index in [4.69, 9.17) is 5.73 Å². The number of nitrogen functional groups attached to an aromatic ring is 1. The van der Waals surface area contributed by atoms with Crippen LogP contribution in [0.15, 0.2) is 51.8 Å². The lowest BCUT2D eigenvalue weighted by Gasteiger charge is -2.23. The summed E-state index contributed by atoms with van der Waals surface area (Å²) in [7, 11) is -1.45. The second-order valence-corrected chi connectivity index (χ2v) is 7.75. The van der Waals surface area contributed by atoms with E-state index < -0.39 is 9.84 Å². The Hall–Kier alpha value is -1.53. The molecule has 0 saturated heterocycles. The minimum Gasteiger partial charge on any atom is -0.396 e. The van der Waals surface area contributed by atoms with Gasteiger partial charge in [-0.3, -0.25) is 0 Å². The number of hydrogen-bond donors (Lipinski definition) is 1. The van der Waals surface area contributed by atoms with E-state index in [0.717, 1.165) is 16.3 Å². The van der Waals surface area contributed by atoms with Gasteiger partial charge < -0.3 is 10.6 Å². The average molecular weight is 369 g/mol. The lowest BCUT2D eigenvalue weighted by molar-refractivity contribution is 0.602. The van der Waals surface area contributed by atoms with Gasteiger partial charge in [0.1, 0.15) is 0 Å². The van der Waals surface area contributed by atoms with Crippen molar-refractivity contribution in [2.24, 2.45) is 0 Å². The molecule has 4 nitrogen and oxygen atoms in total. The summed E-state index contributed by atoms with van der Waals surface area (Å²) in [6, 6.07) is 13.0. The maximum absolute atomic E-state index is 11.7. The molecule has 0 spiro atoms. The molecule has 0 aliphatic heterocycles. The molecule has 21 heavy (non-hydrogen) atoms. The molecule has 2 aromatic rings. The highest BCUT2D eigenvalue weighted by atomic mass is 79.9. The molecular weight excluding hydrogens is 352 g/mol. The van der Waals surface area contributed by atoms with Crippen LogP contribution in [0, 0.1) is 0 Å². The number of anilines is 2. The summed E-state index contributed by atoms with van der Waals surface area (Å²) in [5, 5.41) is 0. The summed E-state index contributed by atoms with van der Waals surface area (Å²) in [5.41, 5.74) is 8.12. The number of nitrogens with zero attached hydrogens (tertiary/aromatic N) is 1. The topological polar surface area (TPSA) is 63.4 Å². The second kappa shape index (κ2) is 6.07. The molecule has 2 N–H and O–H groups in total. The molecule has 0 aromatic heterocycles. The van der Waals surface area contributed by atoms with Gasteiger partial charge in [0.05, 0.1) is 16.3 Å². The van der Waals surface area contributed by atoms with Crippen molar-refractivity contribution in [2.75, 3.05) is 23.9 Å². The number of sulfone groups is 1. The third-order valence-electron chi connectivity index (χ3n) is 3.22. The zero-order chi connectivity index (χ0) is 15.6. The van der Waals surface area contributed by atoms with E-state index in [1.807, 2.05) is 42.3 Å². The molecule has 0 atom stereocenters. The maximum Gasteiger partial charge on any atom is 0.177 e. The zero-order valence-corrected chi connectivity index (χ0v) is 14.3. The first kappa shape index (κ1) is 15.9. The molecule has 0 amide bonds. The molecule has 0 fully saturated rings. The van der Waals surface area contributed by atoms with Crippen LogP contribution >= 0.6 is 15.9 Å². The second-order valence-electron chi connectivity index (χ2n) is 4.91. The third kappa shape index (κ3) is 3.57. The average Bonchev–Trinajstić information content (AvgIpc) is 2.40. The molecule has 112 valence electrons. The van der Waals surface area contributed by atoms with Crippen LogP contribution in [0.5, 0.6) is 0 Å². The number of halogens is 1. The Morgan fingerprint density at radius 1 is 1.14 bits per heavy atom. The fourth-order valence-corrected chi connectivity index (χ4v) is 3.40. The first-order chi connectivity index (χ1) is 9.80. The molecule has 0 bridgehead atoms. The number of para-hydroxylation sites is 1. The van der Waals surface area contributed by atoms with Crippen LogP contribution in [0.1, 0.15) is 5.56 Å². The van der Waals surface area contributed by atoms with Crippen LogP contribution < -0.4 is 10.6 Å². The third-order valence-corrected chi connectivity index (χ3v) is 5.15. The molecule has 0 aliphatic rings. The van der Waals surface area contributed by atoms with Crippen LogP contribution in [0.25, 0.3) is 0 Å². The number of rotatable bonds is 4. The van der Waals surface area contributed by atoms with Crippen molar-refractivity contribution in [3.63, 3.8) is 0 Å². The van der Waals surface area contributed by atoms with E-state index in [2.05, 4.69) is 15.9 Å². The fourth-order valence-electron chi connectivity index (χ4n) is 2.16. The summed E-state index contributed by atoms with van der Waals surface area (Å²) < 4.78 is 24.5. The monoisotopic (exact) mass is 368 g/mol. The largest absolute Gasteiger partial charge is 0.396 e. The van der Waals surface area contributed by atoms with Crippen molar-refractivity contribution in [1.82, 2.24) is 0 Å². The van der Waals surface area contributed by atoms with Gasteiger partial charge in [-0.2, -0.15) is 0 Å². The first-order valence-electron chi connectivity index (χ1n) is 6.34. The summed E-state index contributed by atoms with van der Waals surface area (Å²) in [5.74, 6) is 0. The quantitative estimate of drug-likeness (QED) is 0.842. The summed E-state index contributed by atoms with van der Waals surface area (Å²) in [6.45, 7) is 0.624. The minimum atomic E-state index is -3.33. The summed E-state index contributed by atoms with van der Waals surface area (Å²) >= 11 is 3.51. The van der Waals surface area contributed by atoms with E-state index in [0.29, 0.717) is 12.2 Å². The highest BCUT2D eigenvalue weighted by Crippen LogP contribution is 2.30. The predicted molar refractivity (Wildman–Crippen MR) is 90.2 cm³/mol. The number of nitrogens with two attached hydrogens (primary N) is 1. The lowest BCUT2D eigenvalue weighted by atomic mass is 10.2. The van der Waals surface area contributed by atoms with E-state index in [9.17, 15) is 8.42 Å². The fraction of sp³-hybridized carbons (Fsp3) is 0.200. The van der Waals surface area contributed by atoms with Gasteiger partial charge in [0.25, 0.3) is 0 Å². The Labute approximate surface area is 133 Å². The van der Waals surface area contributed by atoms with Crippen LogP contribution in [-0.4, -0.2) is 21.7 Å². The Bertz CT molecular complexity index is 760. The number of benzene rings is 2. The molecule has 2 rings (SSSR count). The Morgan fingerprint density at radius 3 is 2.43 bits per heavy atom. The molecule has 6 heteroatoms. The number of hydrogen-bond acceptors (Lipinski definition) is 4. The van der Waals surface area contributed by atoms with Crippen LogP contribution in [0.2, 0.25) is 0 Å². The smallest absolute Gasteiger partial charge is 0.177 e. The van der Waals surface area contributed by atoms with E-state index in [1.54, 1.807) is 6.07 Å². The van der Waals surface area contributed by atoms with Gasteiger partial charge in [-0.15, -0.1) is 0 Å². The predicted octanol–water partition coefficient (Wildman–Crippen LogP) is 3.07. The molecule has 0 radical (unpaired) electrons. The SMILES string of the molecule is CN(Cc1ccccc1Br)c1cccc(S(C)(=O)=O)c1N. The molecule has 0 heterocycles. The van der Waals surface area contributed by atoms with Gasteiger partial charge in [-0.25, -0.2) is 8.42 Å². The zero-order valence-electron chi connectivity index (χ0n) is 11.9. The van der Waals surface area contributed by atoms with Crippen molar-refractivity contribution < 1.29 is 8.42 Å². The highest BCUT2D eigenvalue weighted by molar-refractivity contribution is 9.10. The van der Waals surface area contributed by atoms with Crippen LogP contribution in [0.4, 0.5) is 11.4 Å². The van der Waals surface area contributed by atoms with E-state index in [1.165, 1.54) is 6.07 Å². The lowest BCUT2D eigenvalue weighted by Crippen LogP contribution is -2.19. The summed E-state index contributed by atoms with van der Waals surface area (Å²) in [6.07, 6.45) is 1.16. The van der Waals surface area contributed by atoms with Gasteiger partial charge in [0.15, 0.2) is 9.84 Å². The van der Waals surface area contributed by atoms with Gasteiger partial charge >= 0.3 is 0 Å². The van der Waals surface area contributed by atoms with E-state index >= 15 is 0 Å². The Balaban J connectivity index is 2.37.